The van der Waals surface area contributed by atoms with Crippen molar-refractivity contribution >= 4 is 35.9 Å². The lowest BCUT2D eigenvalue weighted by Gasteiger charge is -2.64. The van der Waals surface area contributed by atoms with E-state index in [9.17, 15) is 34.2 Å². The Morgan fingerprint density at radius 2 is 1.47 bits per heavy atom. The van der Waals surface area contributed by atoms with Crippen LogP contribution < -0.4 is 0 Å². The van der Waals surface area contributed by atoms with Crippen molar-refractivity contribution in [3.8, 4) is 0 Å². The summed E-state index contributed by atoms with van der Waals surface area (Å²) in [5.41, 5.74) is -4.10. The third kappa shape index (κ3) is 6.81. The molecular formula is C37H46O12. The highest BCUT2D eigenvalue weighted by atomic mass is 16.6. The standard InChI is InChI=1S/C37H46O12/c1-19-27(49-30(42)16-15-25-13-11-10-12-14-25)18-29(46-22(4)39)36(9)31(19)32(47-23(5)40)26-17-28(45-21(3)38)20(2)37(44,35(26,7)8)33(43)34(36)48-24(6)41/h10-16,26-27,29,31-34,43-44H,1,17-18H2,2-9H3/b16-15-/t26-,27-,29-,31-,32-,33-,34-,36+,37-/m0/s1. The molecule has 9 atom stereocenters. The fourth-order valence-electron chi connectivity index (χ4n) is 8.24. The van der Waals surface area contributed by atoms with Crippen LogP contribution in [0.3, 0.4) is 0 Å². The summed E-state index contributed by atoms with van der Waals surface area (Å²) in [7, 11) is 0. The molecule has 3 aliphatic rings. The summed E-state index contributed by atoms with van der Waals surface area (Å²) in [6.07, 6.45) is -4.43. The molecule has 12 heteroatoms. The first-order valence-electron chi connectivity index (χ1n) is 16.2. The van der Waals surface area contributed by atoms with Gasteiger partial charge >= 0.3 is 29.8 Å². The highest BCUT2D eigenvalue weighted by Crippen LogP contribution is 2.63. The average molecular weight is 683 g/mol. The van der Waals surface area contributed by atoms with Crippen LogP contribution in [0.15, 0.2) is 59.9 Å². The van der Waals surface area contributed by atoms with Crippen LogP contribution in [0.1, 0.15) is 73.8 Å². The minimum Gasteiger partial charge on any atom is -0.462 e. The number of ether oxygens (including phenoxy) is 5. The van der Waals surface area contributed by atoms with Crippen molar-refractivity contribution in [1.82, 2.24) is 0 Å². The molecule has 0 aliphatic heterocycles. The van der Waals surface area contributed by atoms with Crippen molar-refractivity contribution in [2.75, 3.05) is 0 Å². The van der Waals surface area contributed by atoms with Gasteiger partial charge in [-0.25, -0.2) is 4.79 Å². The van der Waals surface area contributed by atoms with Crippen molar-refractivity contribution < 1.29 is 57.9 Å². The molecule has 0 heterocycles. The van der Waals surface area contributed by atoms with Crippen LogP contribution in [-0.4, -0.2) is 76.2 Å². The Morgan fingerprint density at radius 3 is 2.02 bits per heavy atom. The minimum atomic E-state index is -2.24. The van der Waals surface area contributed by atoms with E-state index in [1.165, 1.54) is 33.8 Å². The molecule has 12 nitrogen and oxygen atoms in total. The number of aliphatic hydroxyl groups excluding tert-OH is 1. The molecule has 4 rings (SSSR count). The number of carbonyl (C=O) groups excluding carboxylic acids is 5. The maximum absolute atomic E-state index is 13.2. The number of esters is 5. The maximum Gasteiger partial charge on any atom is 0.331 e. The minimum absolute atomic E-state index is 0.0218. The Kier molecular flexibility index (Phi) is 10.7. The van der Waals surface area contributed by atoms with Crippen LogP contribution in [0.4, 0.5) is 0 Å². The van der Waals surface area contributed by atoms with Gasteiger partial charge in [0.25, 0.3) is 0 Å². The Morgan fingerprint density at radius 1 is 0.878 bits per heavy atom. The Hall–Kier alpha value is -4.29. The van der Waals surface area contributed by atoms with Gasteiger partial charge in [-0.1, -0.05) is 57.7 Å². The van der Waals surface area contributed by atoms with E-state index in [1.807, 2.05) is 18.2 Å². The summed E-state index contributed by atoms with van der Waals surface area (Å²) < 4.78 is 29.3. The van der Waals surface area contributed by atoms with Crippen molar-refractivity contribution in [3.63, 3.8) is 0 Å². The van der Waals surface area contributed by atoms with E-state index in [2.05, 4.69) is 6.58 Å². The van der Waals surface area contributed by atoms with E-state index >= 15 is 0 Å². The molecule has 2 fully saturated rings. The second kappa shape index (κ2) is 13.9. The largest absolute Gasteiger partial charge is 0.462 e. The van der Waals surface area contributed by atoms with Gasteiger partial charge in [0.05, 0.1) is 5.41 Å². The van der Waals surface area contributed by atoms with E-state index in [0.717, 1.165) is 12.5 Å². The van der Waals surface area contributed by atoms with Crippen molar-refractivity contribution in [2.45, 2.75) is 104 Å². The predicted molar refractivity (Wildman–Crippen MR) is 175 cm³/mol. The van der Waals surface area contributed by atoms with E-state index in [1.54, 1.807) is 39.0 Å². The molecule has 49 heavy (non-hydrogen) atoms. The summed E-state index contributed by atoms with van der Waals surface area (Å²) >= 11 is 0. The molecule has 1 aromatic carbocycles. The van der Waals surface area contributed by atoms with Crippen LogP contribution in [-0.2, 0) is 47.7 Å². The number of hydrogen-bond donors (Lipinski definition) is 2. The molecule has 2 saturated carbocycles. The number of aliphatic hydroxyl groups is 2. The van der Waals surface area contributed by atoms with E-state index in [0.29, 0.717) is 0 Å². The van der Waals surface area contributed by atoms with Crippen LogP contribution in [0.25, 0.3) is 6.08 Å². The summed E-state index contributed by atoms with van der Waals surface area (Å²) in [5, 5.41) is 25.1. The molecule has 2 N–H and O–H groups in total. The molecule has 1 aromatic rings. The van der Waals surface area contributed by atoms with Gasteiger partial charge in [-0.15, -0.1) is 0 Å². The third-order valence-electron chi connectivity index (χ3n) is 10.6. The van der Waals surface area contributed by atoms with Crippen LogP contribution in [0, 0.1) is 22.7 Å². The number of fused-ring (bicyclic) bond motifs is 3. The van der Waals surface area contributed by atoms with E-state index in [-0.39, 0.29) is 29.7 Å². The summed E-state index contributed by atoms with van der Waals surface area (Å²) in [6, 6.07) is 9.07. The van der Waals surface area contributed by atoms with Gasteiger partial charge in [0.1, 0.15) is 41.9 Å². The zero-order chi connectivity index (χ0) is 36.6. The van der Waals surface area contributed by atoms with Gasteiger partial charge in [-0.3, -0.25) is 19.2 Å². The van der Waals surface area contributed by atoms with Crippen molar-refractivity contribution in [3.05, 3.63) is 65.5 Å². The fraction of sp³-hybridized carbons (Fsp3) is 0.541. The van der Waals surface area contributed by atoms with Gasteiger partial charge in [0.15, 0.2) is 0 Å². The predicted octanol–water partition coefficient (Wildman–Crippen LogP) is 3.98. The van der Waals surface area contributed by atoms with Crippen LogP contribution in [0.2, 0.25) is 0 Å². The zero-order valence-electron chi connectivity index (χ0n) is 29.2. The van der Waals surface area contributed by atoms with Crippen LogP contribution in [0.5, 0.6) is 0 Å². The van der Waals surface area contributed by atoms with Gasteiger partial charge in [-0.2, -0.15) is 0 Å². The summed E-state index contributed by atoms with van der Waals surface area (Å²) in [6.45, 7) is 15.5. The molecule has 0 unspecified atom stereocenters. The second-order valence-corrected chi connectivity index (χ2v) is 13.9. The molecular weight excluding hydrogens is 636 g/mol. The molecule has 0 aromatic heterocycles. The number of allylic oxidation sites excluding steroid dienone is 1. The normalized spacial score (nSPS) is 33.8. The fourth-order valence-corrected chi connectivity index (χ4v) is 8.24. The van der Waals surface area contributed by atoms with E-state index < -0.39 is 88.6 Å². The summed E-state index contributed by atoms with van der Waals surface area (Å²) in [5.74, 6) is -5.60. The highest BCUT2D eigenvalue weighted by molar-refractivity contribution is 5.87. The zero-order valence-corrected chi connectivity index (χ0v) is 29.2. The number of carbonyl (C=O) groups is 5. The Labute approximate surface area is 286 Å². The van der Waals surface area contributed by atoms with Crippen molar-refractivity contribution in [2.24, 2.45) is 22.7 Å². The first-order valence-corrected chi connectivity index (χ1v) is 16.2. The molecule has 0 spiro atoms. The molecule has 266 valence electrons. The second-order valence-electron chi connectivity index (χ2n) is 13.9. The van der Waals surface area contributed by atoms with Gasteiger partial charge in [0, 0.05) is 63.9 Å². The lowest BCUT2D eigenvalue weighted by atomic mass is 9.45. The molecule has 0 saturated heterocycles. The Bertz CT molecular complexity index is 1570. The molecule has 0 radical (unpaired) electrons. The van der Waals surface area contributed by atoms with Gasteiger partial charge < -0.3 is 33.9 Å². The van der Waals surface area contributed by atoms with Gasteiger partial charge in [-0.05, 0) is 29.7 Å². The topological polar surface area (TPSA) is 172 Å². The smallest absolute Gasteiger partial charge is 0.331 e. The number of rotatable bonds is 7. The van der Waals surface area contributed by atoms with Crippen LogP contribution >= 0.6 is 0 Å². The first kappa shape index (κ1) is 37.5. The van der Waals surface area contributed by atoms with E-state index in [4.69, 9.17) is 23.7 Å². The van der Waals surface area contributed by atoms with Gasteiger partial charge in [0.2, 0.25) is 0 Å². The maximum atomic E-state index is 13.2. The molecule has 3 aliphatic carbocycles. The monoisotopic (exact) mass is 682 g/mol. The molecule has 2 bridgehead atoms. The molecule has 0 amide bonds. The lowest BCUT2D eigenvalue weighted by Crippen LogP contribution is -2.74. The van der Waals surface area contributed by atoms with Crippen molar-refractivity contribution in [1.29, 1.82) is 0 Å². The number of benzene rings is 1. The first-order chi connectivity index (χ1) is 22.8. The quantitative estimate of drug-likeness (QED) is 0.184. The Balaban J connectivity index is 1.98. The average Bonchev–Trinajstić information content (AvgIpc) is 3.00. The summed E-state index contributed by atoms with van der Waals surface area (Å²) in [4.78, 5) is 63.8. The third-order valence-corrected chi connectivity index (χ3v) is 10.6. The SMILES string of the molecule is C=C1[C@@H](OC(=O)/C=C\c2ccccc2)C[C@H](OC(C)=O)[C@@]2(C)[C@@H](OC(C)=O)[C@H](O)[C@@]3(O)C(C)=C(OC(C)=O)C[C@@H]([C@H](OC(C)=O)[C@H]12)C3(C)C. The number of hydrogen-bond acceptors (Lipinski definition) is 12. The lowest BCUT2D eigenvalue weighted by molar-refractivity contribution is -0.274. The highest BCUT2D eigenvalue weighted by Gasteiger charge is 2.72.